The van der Waals surface area contributed by atoms with Crippen LogP contribution in [0.15, 0.2) is 24.3 Å². The molecule has 1 aromatic rings. The second kappa shape index (κ2) is 4.69. The van der Waals surface area contributed by atoms with E-state index in [9.17, 15) is 0 Å². The fourth-order valence-corrected chi connectivity index (χ4v) is 0.700. The number of hydrogen-bond acceptors (Lipinski definition) is 4. The first kappa shape index (κ1) is 9.83. The van der Waals surface area contributed by atoms with Crippen LogP contribution in [0.5, 0.6) is 0 Å². The molecule has 1 aliphatic rings. The Labute approximate surface area is 77.7 Å². The van der Waals surface area contributed by atoms with Crippen molar-refractivity contribution in [1.29, 1.82) is 0 Å². The molecule has 13 heavy (non-hydrogen) atoms. The van der Waals surface area contributed by atoms with Crippen molar-refractivity contribution in [3.63, 3.8) is 0 Å². The minimum Gasteiger partial charge on any atom is -0.399 e. The molecule has 6 N–H and O–H groups in total. The van der Waals surface area contributed by atoms with Gasteiger partial charge in [-0.3, -0.25) is 0 Å². The SMILES string of the molecule is NCC1CO1.Nc1ccc(N)cc1. The lowest BCUT2D eigenvalue weighted by Gasteiger charge is -1.90. The van der Waals surface area contributed by atoms with Crippen molar-refractivity contribution in [1.82, 2.24) is 0 Å². The Balaban J connectivity index is 0.000000145. The van der Waals surface area contributed by atoms with Gasteiger partial charge in [0, 0.05) is 17.9 Å². The molecule has 1 aromatic carbocycles. The summed E-state index contributed by atoms with van der Waals surface area (Å²) in [5.74, 6) is 0. The molecule has 4 heteroatoms. The zero-order valence-electron chi connectivity index (χ0n) is 7.44. The average Bonchev–Trinajstić information content (AvgIpc) is 2.94. The predicted octanol–water partition coefficient (Wildman–Crippen LogP) is 0.195. The van der Waals surface area contributed by atoms with Gasteiger partial charge in [0.15, 0.2) is 0 Å². The van der Waals surface area contributed by atoms with Gasteiger partial charge in [-0.2, -0.15) is 0 Å². The second-order valence-electron chi connectivity index (χ2n) is 2.86. The van der Waals surface area contributed by atoms with Crippen molar-refractivity contribution in [2.75, 3.05) is 24.6 Å². The molecule has 0 bridgehead atoms. The van der Waals surface area contributed by atoms with Crippen molar-refractivity contribution in [2.45, 2.75) is 6.10 Å². The van der Waals surface area contributed by atoms with Crippen LogP contribution >= 0.6 is 0 Å². The first-order valence-corrected chi connectivity index (χ1v) is 4.15. The highest BCUT2D eigenvalue weighted by molar-refractivity contribution is 5.47. The first-order valence-electron chi connectivity index (χ1n) is 4.15. The molecular formula is C9H15N3O. The highest BCUT2D eigenvalue weighted by Crippen LogP contribution is 2.05. The molecule has 0 aromatic heterocycles. The van der Waals surface area contributed by atoms with Crippen LogP contribution in [0, 0.1) is 0 Å². The molecule has 0 saturated carbocycles. The number of ether oxygens (including phenoxy) is 1. The average molecular weight is 181 g/mol. The van der Waals surface area contributed by atoms with Crippen LogP contribution < -0.4 is 17.2 Å². The van der Waals surface area contributed by atoms with E-state index in [4.69, 9.17) is 21.9 Å². The summed E-state index contributed by atoms with van der Waals surface area (Å²) in [5, 5.41) is 0. The summed E-state index contributed by atoms with van der Waals surface area (Å²) in [6.07, 6.45) is 0.412. The quantitative estimate of drug-likeness (QED) is 0.426. The van der Waals surface area contributed by atoms with E-state index in [1.165, 1.54) is 0 Å². The fourth-order valence-electron chi connectivity index (χ4n) is 0.700. The van der Waals surface area contributed by atoms with E-state index in [0.717, 1.165) is 18.0 Å². The highest BCUT2D eigenvalue weighted by atomic mass is 16.6. The predicted molar refractivity (Wildman–Crippen MR) is 54.1 cm³/mol. The lowest BCUT2D eigenvalue weighted by Crippen LogP contribution is -2.05. The summed E-state index contributed by atoms with van der Waals surface area (Å²) in [4.78, 5) is 0. The Morgan fingerprint density at radius 3 is 1.69 bits per heavy atom. The second-order valence-corrected chi connectivity index (χ2v) is 2.86. The van der Waals surface area contributed by atoms with Gasteiger partial charge in [-0.25, -0.2) is 0 Å². The van der Waals surface area contributed by atoms with E-state index in [1.807, 2.05) is 0 Å². The molecule has 1 saturated heterocycles. The molecule has 72 valence electrons. The molecule has 1 unspecified atom stereocenters. The zero-order chi connectivity index (χ0) is 9.68. The highest BCUT2D eigenvalue weighted by Gasteiger charge is 2.18. The normalized spacial score (nSPS) is 18.7. The molecule has 2 rings (SSSR count). The summed E-state index contributed by atoms with van der Waals surface area (Å²) >= 11 is 0. The van der Waals surface area contributed by atoms with E-state index in [1.54, 1.807) is 24.3 Å². The minimum atomic E-state index is 0.412. The smallest absolute Gasteiger partial charge is 0.0931 e. The Kier molecular flexibility index (Phi) is 3.54. The number of nitrogens with two attached hydrogens (primary N) is 3. The minimum absolute atomic E-state index is 0.412. The van der Waals surface area contributed by atoms with Crippen LogP contribution in [-0.2, 0) is 4.74 Å². The van der Waals surface area contributed by atoms with Crippen molar-refractivity contribution in [3.05, 3.63) is 24.3 Å². The molecule has 1 fully saturated rings. The summed E-state index contributed by atoms with van der Waals surface area (Å²) in [6, 6.07) is 7.09. The van der Waals surface area contributed by atoms with Crippen molar-refractivity contribution < 1.29 is 4.74 Å². The van der Waals surface area contributed by atoms with E-state index in [0.29, 0.717) is 12.6 Å². The third kappa shape index (κ3) is 4.35. The van der Waals surface area contributed by atoms with Crippen LogP contribution in [0.2, 0.25) is 0 Å². The van der Waals surface area contributed by atoms with Crippen LogP contribution in [0.3, 0.4) is 0 Å². The molecule has 4 nitrogen and oxygen atoms in total. The molecule has 1 heterocycles. The van der Waals surface area contributed by atoms with Gasteiger partial charge in [0.1, 0.15) is 0 Å². The Morgan fingerprint density at radius 2 is 1.54 bits per heavy atom. The van der Waals surface area contributed by atoms with Gasteiger partial charge in [0.05, 0.1) is 12.7 Å². The summed E-state index contributed by atoms with van der Waals surface area (Å²) < 4.78 is 4.73. The van der Waals surface area contributed by atoms with Gasteiger partial charge in [-0.15, -0.1) is 0 Å². The maximum absolute atomic E-state index is 5.37. The topological polar surface area (TPSA) is 90.6 Å². The van der Waals surface area contributed by atoms with E-state index in [2.05, 4.69) is 0 Å². The van der Waals surface area contributed by atoms with Crippen molar-refractivity contribution in [2.24, 2.45) is 5.73 Å². The number of rotatable bonds is 1. The Hall–Kier alpha value is -1.26. The largest absolute Gasteiger partial charge is 0.399 e. The van der Waals surface area contributed by atoms with E-state index < -0.39 is 0 Å². The van der Waals surface area contributed by atoms with E-state index >= 15 is 0 Å². The van der Waals surface area contributed by atoms with Crippen LogP contribution in [-0.4, -0.2) is 19.3 Å². The number of epoxide rings is 1. The monoisotopic (exact) mass is 181 g/mol. The number of nitrogen functional groups attached to an aromatic ring is 2. The van der Waals surface area contributed by atoms with Crippen LogP contribution in [0.25, 0.3) is 0 Å². The van der Waals surface area contributed by atoms with Gasteiger partial charge in [-0.05, 0) is 24.3 Å². The number of hydrogen-bond donors (Lipinski definition) is 3. The third-order valence-electron chi connectivity index (χ3n) is 1.60. The maximum atomic E-state index is 5.37. The van der Waals surface area contributed by atoms with Crippen LogP contribution in [0.1, 0.15) is 0 Å². The molecule has 0 radical (unpaired) electrons. The zero-order valence-corrected chi connectivity index (χ0v) is 7.44. The van der Waals surface area contributed by atoms with E-state index in [-0.39, 0.29) is 0 Å². The lowest BCUT2D eigenvalue weighted by molar-refractivity contribution is 0.412. The number of anilines is 2. The molecular weight excluding hydrogens is 166 g/mol. The molecule has 0 amide bonds. The number of benzene rings is 1. The van der Waals surface area contributed by atoms with Crippen molar-refractivity contribution >= 4 is 11.4 Å². The van der Waals surface area contributed by atoms with Gasteiger partial charge >= 0.3 is 0 Å². The van der Waals surface area contributed by atoms with Crippen molar-refractivity contribution in [3.8, 4) is 0 Å². The third-order valence-corrected chi connectivity index (χ3v) is 1.60. The van der Waals surface area contributed by atoms with Gasteiger partial charge in [-0.1, -0.05) is 0 Å². The summed E-state index contributed by atoms with van der Waals surface area (Å²) in [7, 11) is 0. The molecule has 1 atom stereocenters. The molecule has 0 aliphatic carbocycles. The van der Waals surface area contributed by atoms with Gasteiger partial charge in [0.2, 0.25) is 0 Å². The van der Waals surface area contributed by atoms with Gasteiger partial charge in [0.25, 0.3) is 0 Å². The Bertz CT molecular complexity index is 223. The van der Waals surface area contributed by atoms with Crippen LogP contribution in [0.4, 0.5) is 11.4 Å². The maximum Gasteiger partial charge on any atom is 0.0931 e. The standard InChI is InChI=1S/C6H8N2.C3H7NO/c7-5-1-2-6(8)4-3-5;4-1-3-2-5-3/h1-4H,7-8H2;3H,1-2,4H2. The fraction of sp³-hybridized carbons (Fsp3) is 0.333. The molecule has 1 aliphatic heterocycles. The lowest BCUT2D eigenvalue weighted by atomic mass is 10.3. The Morgan fingerprint density at radius 1 is 1.15 bits per heavy atom. The summed E-state index contributed by atoms with van der Waals surface area (Å²) in [6.45, 7) is 1.58. The van der Waals surface area contributed by atoms with Gasteiger partial charge < -0.3 is 21.9 Å². The molecule has 0 spiro atoms. The first-order chi connectivity index (χ1) is 6.22. The summed E-state index contributed by atoms with van der Waals surface area (Å²) in [5.41, 5.74) is 17.3.